The van der Waals surface area contributed by atoms with Crippen LogP contribution in [-0.4, -0.2) is 5.91 Å². The van der Waals surface area contributed by atoms with Crippen molar-refractivity contribution in [3.8, 4) is 17.2 Å². The fourth-order valence-corrected chi connectivity index (χ4v) is 4.99. The number of ether oxygens (including phenoxy) is 2. The molecule has 1 heterocycles. The lowest BCUT2D eigenvalue weighted by Crippen LogP contribution is -2.05. The molecule has 1 fully saturated rings. The van der Waals surface area contributed by atoms with Gasteiger partial charge in [0.15, 0.2) is 0 Å². The number of hydrogen-bond acceptors (Lipinski definition) is 4. The average Bonchev–Trinajstić information content (AvgIpc) is 3.36. The third-order valence-electron chi connectivity index (χ3n) is 5.61. The second-order valence-corrected chi connectivity index (χ2v) is 8.80. The molecular formula is C25H23NO3S. The van der Waals surface area contributed by atoms with Crippen LogP contribution in [0.15, 0.2) is 66.7 Å². The summed E-state index contributed by atoms with van der Waals surface area (Å²) in [4.78, 5) is 11.4. The van der Waals surface area contributed by atoms with Gasteiger partial charge in [0, 0.05) is 12.0 Å². The number of nitrogens with one attached hydrogen (secondary N) is 1. The maximum atomic E-state index is 11.4. The molecule has 1 saturated heterocycles. The summed E-state index contributed by atoms with van der Waals surface area (Å²) in [6, 6.07) is 22.4. The topological polar surface area (TPSA) is 47.6 Å². The summed E-state index contributed by atoms with van der Waals surface area (Å²) >= 11 is 1.48. The Bertz CT molecular complexity index is 1080. The Morgan fingerprint density at radius 2 is 1.83 bits per heavy atom. The van der Waals surface area contributed by atoms with E-state index in [1.54, 1.807) is 0 Å². The second-order valence-electron chi connectivity index (χ2n) is 7.79. The SMILES string of the molecule is Cc1cccc(Oc2cccc3c2CC[C@H]3Oc2ccc(C3CC(=O)NS3)cc2)c1. The van der Waals surface area contributed by atoms with Crippen molar-refractivity contribution in [3.63, 3.8) is 0 Å². The van der Waals surface area contributed by atoms with Crippen LogP contribution in [-0.2, 0) is 11.2 Å². The first-order valence-corrected chi connectivity index (χ1v) is 11.1. The molecule has 152 valence electrons. The molecule has 1 aliphatic carbocycles. The molecule has 2 atom stereocenters. The lowest BCUT2D eigenvalue weighted by molar-refractivity contribution is -0.118. The predicted octanol–water partition coefficient (Wildman–Crippen LogP) is 6.06. The van der Waals surface area contributed by atoms with Crippen LogP contribution in [0.5, 0.6) is 17.2 Å². The van der Waals surface area contributed by atoms with Crippen LogP contribution in [0, 0.1) is 6.92 Å². The lowest BCUT2D eigenvalue weighted by atomic mass is 10.1. The molecule has 0 radical (unpaired) electrons. The summed E-state index contributed by atoms with van der Waals surface area (Å²) in [5.74, 6) is 2.72. The Morgan fingerprint density at radius 3 is 2.60 bits per heavy atom. The van der Waals surface area contributed by atoms with Crippen LogP contribution in [0.25, 0.3) is 0 Å². The van der Waals surface area contributed by atoms with Crippen LogP contribution < -0.4 is 14.2 Å². The van der Waals surface area contributed by atoms with Crippen LogP contribution in [0.1, 0.15) is 46.4 Å². The van der Waals surface area contributed by atoms with E-state index in [0.717, 1.165) is 35.7 Å². The number of rotatable bonds is 5. The van der Waals surface area contributed by atoms with E-state index in [4.69, 9.17) is 9.47 Å². The molecule has 0 bridgehead atoms. The molecule has 1 amide bonds. The zero-order valence-electron chi connectivity index (χ0n) is 16.8. The number of carbonyl (C=O) groups is 1. The van der Waals surface area contributed by atoms with Crippen molar-refractivity contribution < 1.29 is 14.3 Å². The van der Waals surface area contributed by atoms with Gasteiger partial charge in [0.1, 0.15) is 23.4 Å². The molecule has 1 aliphatic heterocycles. The van der Waals surface area contributed by atoms with E-state index in [1.165, 1.54) is 28.6 Å². The fourth-order valence-electron chi connectivity index (χ4n) is 4.11. The summed E-state index contributed by atoms with van der Waals surface area (Å²) < 4.78 is 15.3. The van der Waals surface area contributed by atoms with E-state index in [0.29, 0.717) is 6.42 Å². The standard InChI is InChI=1S/C25H23NO3S/c1-16-4-2-5-19(14-16)29-22-7-3-6-20-21(22)12-13-23(20)28-18-10-8-17(9-11-18)24-15-25(27)26-30-24/h2-11,14,23-24H,12-13,15H2,1H3,(H,26,27)/t23-,24?/m1/s1. The van der Waals surface area contributed by atoms with Gasteiger partial charge >= 0.3 is 0 Å². The Labute approximate surface area is 180 Å². The number of carbonyl (C=O) groups excluding carboxylic acids is 1. The molecule has 5 rings (SSSR count). The number of hydrogen-bond donors (Lipinski definition) is 1. The van der Waals surface area contributed by atoms with Gasteiger partial charge in [-0.2, -0.15) is 0 Å². The summed E-state index contributed by atoms with van der Waals surface area (Å²) in [7, 11) is 0. The maximum Gasteiger partial charge on any atom is 0.231 e. The normalized spacial score (nSPS) is 20.0. The number of aryl methyl sites for hydroxylation is 1. The quantitative estimate of drug-likeness (QED) is 0.513. The van der Waals surface area contributed by atoms with Gasteiger partial charge in [-0.3, -0.25) is 9.52 Å². The van der Waals surface area contributed by atoms with Gasteiger partial charge in [0.05, 0.1) is 5.25 Å². The first-order chi connectivity index (χ1) is 14.7. The molecular weight excluding hydrogens is 394 g/mol. The molecule has 4 nitrogen and oxygen atoms in total. The molecule has 2 aliphatic rings. The second kappa shape index (κ2) is 8.07. The largest absolute Gasteiger partial charge is 0.486 e. The Balaban J connectivity index is 1.31. The van der Waals surface area contributed by atoms with Crippen molar-refractivity contribution in [2.75, 3.05) is 0 Å². The van der Waals surface area contributed by atoms with Gasteiger partial charge in [-0.15, -0.1) is 0 Å². The van der Waals surface area contributed by atoms with E-state index < -0.39 is 0 Å². The Morgan fingerprint density at radius 1 is 1.00 bits per heavy atom. The molecule has 3 aromatic rings. The maximum absolute atomic E-state index is 11.4. The van der Waals surface area contributed by atoms with Gasteiger partial charge in [-0.25, -0.2) is 0 Å². The molecule has 3 aromatic carbocycles. The summed E-state index contributed by atoms with van der Waals surface area (Å²) in [6.45, 7) is 2.07. The minimum Gasteiger partial charge on any atom is -0.486 e. The van der Waals surface area contributed by atoms with Crippen LogP contribution in [0.2, 0.25) is 0 Å². The van der Waals surface area contributed by atoms with E-state index >= 15 is 0 Å². The van der Waals surface area contributed by atoms with Crippen LogP contribution in [0.4, 0.5) is 0 Å². The zero-order valence-corrected chi connectivity index (χ0v) is 17.6. The van der Waals surface area contributed by atoms with Crippen molar-refractivity contribution in [1.82, 2.24) is 4.72 Å². The molecule has 5 heteroatoms. The van der Waals surface area contributed by atoms with Crippen molar-refractivity contribution >= 4 is 17.9 Å². The number of fused-ring (bicyclic) bond motifs is 1. The Hall–Kier alpha value is -2.92. The van der Waals surface area contributed by atoms with Gasteiger partial charge in [-0.1, -0.05) is 36.4 Å². The highest BCUT2D eigenvalue weighted by Gasteiger charge is 2.28. The van der Waals surface area contributed by atoms with E-state index in [-0.39, 0.29) is 17.3 Å². The monoisotopic (exact) mass is 417 g/mol. The van der Waals surface area contributed by atoms with Gasteiger partial charge in [-0.05, 0) is 78.7 Å². The highest BCUT2D eigenvalue weighted by atomic mass is 32.2. The van der Waals surface area contributed by atoms with Crippen molar-refractivity contribution in [1.29, 1.82) is 0 Å². The first kappa shape index (κ1) is 19.1. The minimum absolute atomic E-state index is 0.0241. The summed E-state index contributed by atoms with van der Waals surface area (Å²) in [5.41, 5.74) is 4.75. The van der Waals surface area contributed by atoms with Crippen molar-refractivity contribution in [2.45, 2.75) is 37.5 Å². The first-order valence-electron chi connectivity index (χ1n) is 10.2. The number of benzene rings is 3. The smallest absolute Gasteiger partial charge is 0.231 e. The minimum atomic E-state index is 0.0241. The van der Waals surface area contributed by atoms with E-state index in [2.05, 4.69) is 42.0 Å². The molecule has 1 N–H and O–H groups in total. The van der Waals surface area contributed by atoms with Gasteiger partial charge < -0.3 is 9.47 Å². The summed E-state index contributed by atoms with van der Waals surface area (Å²) in [6.07, 6.45) is 2.43. The van der Waals surface area contributed by atoms with E-state index in [9.17, 15) is 4.79 Å². The van der Waals surface area contributed by atoms with Crippen LogP contribution in [0.3, 0.4) is 0 Å². The Kier molecular flexibility index (Phi) is 5.13. The highest BCUT2D eigenvalue weighted by Crippen LogP contribution is 2.41. The van der Waals surface area contributed by atoms with Gasteiger partial charge in [0.2, 0.25) is 5.91 Å². The van der Waals surface area contributed by atoms with Crippen LogP contribution >= 0.6 is 11.9 Å². The molecule has 0 saturated carbocycles. The zero-order chi connectivity index (χ0) is 20.5. The highest BCUT2D eigenvalue weighted by molar-refractivity contribution is 7.98. The lowest BCUT2D eigenvalue weighted by Gasteiger charge is -2.17. The molecule has 1 unspecified atom stereocenters. The molecule has 30 heavy (non-hydrogen) atoms. The summed E-state index contributed by atoms with van der Waals surface area (Å²) in [5, 5.41) is 0.181. The van der Waals surface area contributed by atoms with Gasteiger partial charge in [0.25, 0.3) is 0 Å². The van der Waals surface area contributed by atoms with Crippen molar-refractivity contribution in [2.24, 2.45) is 0 Å². The third kappa shape index (κ3) is 3.90. The molecule has 0 spiro atoms. The van der Waals surface area contributed by atoms with Crippen molar-refractivity contribution in [3.05, 3.63) is 89.0 Å². The number of amides is 1. The third-order valence-corrected chi connectivity index (χ3v) is 6.67. The van der Waals surface area contributed by atoms with E-state index in [1.807, 2.05) is 36.4 Å². The predicted molar refractivity (Wildman–Crippen MR) is 119 cm³/mol. The average molecular weight is 418 g/mol. The molecule has 0 aromatic heterocycles. The fraction of sp³-hybridized carbons (Fsp3) is 0.240.